The Hall–Kier alpha value is -3.66. The van der Waals surface area contributed by atoms with Crippen LogP contribution in [-0.4, -0.2) is 29.9 Å². The molecule has 41 heavy (non-hydrogen) atoms. The number of nitrogens with one attached hydrogen (secondary N) is 3. The molecule has 1 unspecified atom stereocenters. The number of hydrogen-bond donors (Lipinski definition) is 3. The van der Waals surface area contributed by atoms with Gasteiger partial charge in [0.05, 0.1) is 18.4 Å². The number of anilines is 3. The molecule has 1 atom stereocenters. The maximum absolute atomic E-state index is 13.0. The topological polar surface area (TPSA) is 79.5 Å². The molecule has 1 aliphatic rings. The van der Waals surface area contributed by atoms with Gasteiger partial charge in [0.25, 0.3) is 0 Å². The summed E-state index contributed by atoms with van der Waals surface area (Å²) in [6, 6.07) is 26.2. The van der Waals surface area contributed by atoms with Crippen molar-refractivity contribution in [3.63, 3.8) is 0 Å². The number of thiophene rings is 1. The second-order valence-corrected chi connectivity index (χ2v) is 12.4. The summed E-state index contributed by atoms with van der Waals surface area (Å²) in [4.78, 5) is 27.8. The predicted octanol–water partition coefficient (Wildman–Crippen LogP) is 7.66. The normalized spacial score (nSPS) is 14.0. The van der Waals surface area contributed by atoms with Crippen molar-refractivity contribution >= 4 is 68.7 Å². The van der Waals surface area contributed by atoms with Gasteiger partial charge >= 0.3 is 5.97 Å². The zero-order valence-electron chi connectivity index (χ0n) is 22.9. The van der Waals surface area contributed by atoms with Crippen LogP contribution in [0.5, 0.6) is 0 Å². The van der Waals surface area contributed by atoms with E-state index in [4.69, 9.17) is 17.0 Å². The van der Waals surface area contributed by atoms with Crippen molar-refractivity contribution in [3.8, 4) is 0 Å². The minimum absolute atomic E-state index is 0.173. The molecule has 1 aliphatic carbocycles. The number of hydrogen-bond acceptors (Lipinski definition) is 6. The number of carbonyl (C=O) groups is 2. The SMILES string of the molecule is COC(=O)c1c(NC(=O)CSc2cccc(NC(=S)Nc3ccc(C)cc3)c2)sc2c1CCC(c1ccccc1)C2. The largest absolute Gasteiger partial charge is 0.465 e. The second-order valence-electron chi connectivity index (χ2n) is 9.86. The molecule has 3 N–H and O–H groups in total. The fourth-order valence-electron chi connectivity index (χ4n) is 4.91. The summed E-state index contributed by atoms with van der Waals surface area (Å²) in [5, 5.41) is 10.4. The van der Waals surface area contributed by atoms with E-state index in [-0.39, 0.29) is 11.7 Å². The summed E-state index contributed by atoms with van der Waals surface area (Å²) in [6.45, 7) is 2.04. The third-order valence-electron chi connectivity index (χ3n) is 6.95. The van der Waals surface area contributed by atoms with Crippen molar-refractivity contribution in [2.24, 2.45) is 0 Å². The molecule has 1 aromatic heterocycles. The number of amides is 1. The van der Waals surface area contributed by atoms with Crippen LogP contribution in [-0.2, 0) is 22.4 Å². The van der Waals surface area contributed by atoms with Crippen molar-refractivity contribution in [1.29, 1.82) is 0 Å². The standard InChI is InChI=1S/C32H31N3O3S3/c1-20-11-14-23(15-12-20)33-32(39)34-24-9-6-10-25(18-24)40-19-28(36)35-30-29(31(37)38-2)26-16-13-22(17-27(26)41-30)21-7-4-3-5-8-21/h3-12,14-15,18,22H,13,16-17,19H2,1-2H3,(H,35,36)(H2,33,34,39). The van der Waals surface area contributed by atoms with Crippen molar-refractivity contribution in [3.05, 3.63) is 106 Å². The van der Waals surface area contributed by atoms with E-state index in [1.165, 1.54) is 41.3 Å². The van der Waals surface area contributed by atoms with Crippen LogP contribution in [0.4, 0.5) is 16.4 Å². The van der Waals surface area contributed by atoms with Gasteiger partial charge in [-0.2, -0.15) is 0 Å². The van der Waals surface area contributed by atoms with Crippen LogP contribution in [0.2, 0.25) is 0 Å². The first-order valence-electron chi connectivity index (χ1n) is 13.3. The first-order chi connectivity index (χ1) is 19.9. The lowest BCUT2D eigenvalue weighted by Gasteiger charge is -2.22. The van der Waals surface area contributed by atoms with E-state index in [1.54, 1.807) is 0 Å². The van der Waals surface area contributed by atoms with Gasteiger partial charge in [0.2, 0.25) is 5.91 Å². The third-order valence-corrected chi connectivity index (χ3v) is 9.32. The molecule has 4 aromatic rings. The van der Waals surface area contributed by atoms with Crippen molar-refractivity contribution in [1.82, 2.24) is 0 Å². The van der Waals surface area contributed by atoms with E-state index in [2.05, 4.69) is 40.2 Å². The van der Waals surface area contributed by atoms with Gasteiger partial charge in [0, 0.05) is 21.1 Å². The van der Waals surface area contributed by atoms with Gasteiger partial charge in [-0.25, -0.2) is 4.79 Å². The molecule has 6 nitrogen and oxygen atoms in total. The molecule has 0 spiro atoms. The fourth-order valence-corrected chi connectivity index (χ4v) is 7.23. The summed E-state index contributed by atoms with van der Waals surface area (Å²) >= 11 is 8.37. The van der Waals surface area contributed by atoms with Crippen LogP contribution < -0.4 is 16.0 Å². The van der Waals surface area contributed by atoms with E-state index in [1.807, 2.05) is 61.5 Å². The van der Waals surface area contributed by atoms with E-state index >= 15 is 0 Å². The molecule has 9 heteroatoms. The first-order valence-corrected chi connectivity index (χ1v) is 15.6. The molecule has 5 rings (SSSR count). The highest BCUT2D eigenvalue weighted by Gasteiger charge is 2.30. The van der Waals surface area contributed by atoms with E-state index in [0.29, 0.717) is 21.6 Å². The molecular formula is C32H31N3O3S3. The van der Waals surface area contributed by atoms with Crippen molar-refractivity contribution in [2.75, 3.05) is 28.8 Å². The van der Waals surface area contributed by atoms with E-state index in [9.17, 15) is 9.59 Å². The number of thiocarbonyl (C=S) groups is 1. The number of fused-ring (bicyclic) bond motifs is 1. The van der Waals surface area contributed by atoms with Crippen LogP contribution in [0.3, 0.4) is 0 Å². The Labute approximate surface area is 253 Å². The van der Waals surface area contributed by atoms with Gasteiger partial charge in [0.1, 0.15) is 5.00 Å². The Balaban J connectivity index is 1.21. The maximum Gasteiger partial charge on any atom is 0.341 e. The minimum Gasteiger partial charge on any atom is -0.465 e. The summed E-state index contributed by atoms with van der Waals surface area (Å²) in [6.07, 6.45) is 2.58. The van der Waals surface area contributed by atoms with Crippen LogP contribution in [0.15, 0.2) is 83.8 Å². The predicted molar refractivity (Wildman–Crippen MR) is 174 cm³/mol. The highest BCUT2D eigenvalue weighted by atomic mass is 32.2. The number of ether oxygens (including phenoxy) is 1. The molecule has 0 saturated carbocycles. The van der Waals surface area contributed by atoms with Gasteiger partial charge in [-0.1, -0.05) is 54.1 Å². The molecule has 1 amide bonds. The molecule has 0 aliphatic heterocycles. The first kappa shape index (κ1) is 28.9. The number of methoxy groups -OCH3 is 1. The van der Waals surface area contributed by atoms with Crippen LogP contribution in [0, 0.1) is 6.92 Å². The lowest BCUT2D eigenvalue weighted by molar-refractivity contribution is -0.113. The number of benzene rings is 3. The van der Waals surface area contributed by atoms with Crippen molar-refractivity contribution in [2.45, 2.75) is 37.0 Å². The Morgan fingerprint density at radius 2 is 1.73 bits per heavy atom. The average molecular weight is 602 g/mol. The smallest absolute Gasteiger partial charge is 0.341 e. The fraction of sp³-hybridized carbons (Fsp3) is 0.219. The number of esters is 1. The summed E-state index contributed by atoms with van der Waals surface area (Å²) in [5.41, 5.74) is 5.72. The summed E-state index contributed by atoms with van der Waals surface area (Å²) in [5.74, 6) is 0.0180. The monoisotopic (exact) mass is 601 g/mol. The van der Waals surface area contributed by atoms with E-state index in [0.717, 1.165) is 46.0 Å². The molecule has 1 heterocycles. The molecule has 3 aromatic carbocycles. The van der Waals surface area contributed by atoms with Gasteiger partial charge in [-0.05, 0) is 85.8 Å². The molecule has 0 saturated heterocycles. The quantitative estimate of drug-likeness (QED) is 0.109. The highest BCUT2D eigenvalue weighted by molar-refractivity contribution is 8.00. The second kappa shape index (κ2) is 13.3. The van der Waals surface area contributed by atoms with Gasteiger partial charge in [-0.15, -0.1) is 23.1 Å². The van der Waals surface area contributed by atoms with Crippen LogP contribution in [0.25, 0.3) is 0 Å². The number of carbonyl (C=O) groups excluding carboxylic acids is 2. The lowest BCUT2D eigenvalue weighted by Crippen LogP contribution is -2.19. The van der Waals surface area contributed by atoms with Gasteiger partial charge < -0.3 is 20.7 Å². The number of aryl methyl sites for hydroxylation is 1. The Morgan fingerprint density at radius 3 is 2.49 bits per heavy atom. The zero-order valence-corrected chi connectivity index (χ0v) is 25.3. The molecule has 210 valence electrons. The highest BCUT2D eigenvalue weighted by Crippen LogP contribution is 2.43. The molecule has 0 fully saturated rings. The summed E-state index contributed by atoms with van der Waals surface area (Å²) in [7, 11) is 1.38. The average Bonchev–Trinajstić information content (AvgIpc) is 3.34. The third kappa shape index (κ3) is 7.35. The summed E-state index contributed by atoms with van der Waals surface area (Å²) < 4.78 is 5.10. The van der Waals surface area contributed by atoms with Crippen molar-refractivity contribution < 1.29 is 14.3 Å². The lowest BCUT2D eigenvalue weighted by atomic mass is 9.83. The number of thioether (sulfide) groups is 1. The Bertz CT molecular complexity index is 1550. The van der Waals surface area contributed by atoms with Gasteiger partial charge in [0.15, 0.2) is 5.11 Å². The van der Waals surface area contributed by atoms with Crippen LogP contribution in [0.1, 0.15) is 44.3 Å². The van der Waals surface area contributed by atoms with Gasteiger partial charge in [-0.3, -0.25) is 4.79 Å². The Morgan fingerprint density at radius 1 is 0.976 bits per heavy atom. The molecular weight excluding hydrogens is 571 g/mol. The van der Waals surface area contributed by atoms with Crippen LogP contribution >= 0.6 is 35.3 Å². The minimum atomic E-state index is -0.405. The number of rotatable bonds is 8. The molecule has 0 bridgehead atoms. The van der Waals surface area contributed by atoms with E-state index < -0.39 is 5.97 Å². The Kier molecular flexibility index (Phi) is 9.38. The molecule has 0 radical (unpaired) electrons. The maximum atomic E-state index is 13.0. The zero-order chi connectivity index (χ0) is 28.8.